The van der Waals surface area contributed by atoms with Crippen molar-refractivity contribution in [2.75, 3.05) is 19.7 Å². The lowest BCUT2D eigenvalue weighted by Crippen LogP contribution is -2.47. The third-order valence-electron chi connectivity index (χ3n) is 2.11. The smallest absolute Gasteiger partial charge is 0.404 e. The van der Waals surface area contributed by atoms with Gasteiger partial charge < -0.3 is 26.8 Å². The molecule has 0 aromatic rings. The van der Waals surface area contributed by atoms with E-state index in [1.165, 1.54) is 0 Å². The first-order valence-electron chi connectivity index (χ1n) is 5.56. The van der Waals surface area contributed by atoms with Crippen molar-refractivity contribution in [3.63, 3.8) is 0 Å². The molecule has 18 heavy (non-hydrogen) atoms. The highest BCUT2D eigenvalue weighted by Crippen LogP contribution is 1.97. The van der Waals surface area contributed by atoms with Gasteiger partial charge in [-0.1, -0.05) is 13.8 Å². The molecule has 0 radical (unpaired) electrons. The van der Waals surface area contributed by atoms with E-state index in [2.05, 4.69) is 15.4 Å². The van der Waals surface area contributed by atoms with Gasteiger partial charge in [-0.05, 0) is 5.92 Å². The molecule has 0 heterocycles. The molecule has 1 atom stereocenters. The summed E-state index contributed by atoms with van der Waals surface area (Å²) in [6.07, 6.45) is -0.902. The SMILES string of the molecule is CC(C)[C@H](N)C(=O)NCC(=O)NCCOC(N)=O. The van der Waals surface area contributed by atoms with Crippen LogP contribution in [0.3, 0.4) is 0 Å². The molecule has 0 aliphatic rings. The molecule has 0 saturated heterocycles. The van der Waals surface area contributed by atoms with Gasteiger partial charge in [0.25, 0.3) is 0 Å². The Balaban J connectivity index is 3.70. The molecule has 0 aromatic carbocycles. The summed E-state index contributed by atoms with van der Waals surface area (Å²) in [5.41, 5.74) is 10.3. The largest absolute Gasteiger partial charge is 0.448 e. The van der Waals surface area contributed by atoms with E-state index in [1.54, 1.807) is 0 Å². The number of primary amides is 1. The van der Waals surface area contributed by atoms with E-state index in [1.807, 2.05) is 13.8 Å². The van der Waals surface area contributed by atoms with Crippen molar-refractivity contribution in [3.8, 4) is 0 Å². The average molecular weight is 260 g/mol. The number of nitrogens with two attached hydrogens (primary N) is 2. The van der Waals surface area contributed by atoms with Crippen LogP contribution in [-0.2, 0) is 14.3 Å². The zero-order valence-corrected chi connectivity index (χ0v) is 10.6. The third kappa shape index (κ3) is 7.44. The standard InChI is InChI=1S/C10H20N4O4/c1-6(2)8(11)9(16)14-5-7(15)13-3-4-18-10(12)17/h6,8H,3-5,11H2,1-2H3,(H2,12,17)(H,13,15)(H,14,16)/t8-/m0/s1. The van der Waals surface area contributed by atoms with Crippen LogP contribution in [-0.4, -0.2) is 43.6 Å². The molecule has 0 aliphatic carbocycles. The van der Waals surface area contributed by atoms with Gasteiger partial charge in [0.1, 0.15) is 6.61 Å². The first-order valence-corrected chi connectivity index (χ1v) is 5.56. The highest BCUT2D eigenvalue weighted by molar-refractivity contribution is 5.87. The third-order valence-corrected chi connectivity index (χ3v) is 2.11. The van der Waals surface area contributed by atoms with Gasteiger partial charge in [0.15, 0.2) is 0 Å². The van der Waals surface area contributed by atoms with Crippen LogP contribution in [0.1, 0.15) is 13.8 Å². The predicted octanol–water partition coefficient (Wildman–Crippen LogP) is -1.70. The van der Waals surface area contributed by atoms with Gasteiger partial charge in [-0.2, -0.15) is 0 Å². The van der Waals surface area contributed by atoms with Crippen molar-refractivity contribution >= 4 is 17.9 Å². The van der Waals surface area contributed by atoms with E-state index in [9.17, 15) is 14.4 Å². The van der Waals surface area contributed by atoms with E-state index >= 15 is 0 Å². The Morgan fingerprint density at radius 2 is 1.83 bits per heavy atom. The molecule has 0 unspecified atom stereocenters. The molecular formula is C10H20N4O4. The zero-order valence-electron chi connectivity index (χ0n) is 10.6. The first kappa shape index (κ1) is 16.2. The molecular weight excluding hydrogens is 240 g/mol. The van der Waals surface area contributed by atoms with Crippen molar-refractivity contribution in [3.05, 3.63) is 0 Å². The van der Waals surface area contributed by atoms with Crippen molar-refractivity contribution in [1.29, 1.82) is 0 Å². The summed E-state index contributed by atoms with van der Waals surface area (Å²) in [4.78, 5) is 32.9. The summed E-state index contributed by atoms with van der Waals surface area (Å²) in [7, 11) is 0. The number of amides is 3. The van der Waals surface area contributed by atoms with E-state index in [0.717, 1.165) is 0 Å². The van der Waals surface area contributed by atoms with Crippen LogP contribution in [0, 0.1) is 5.92 Å². The number of hydrogen-bond acceptors (Lipinski definition) is 5. The quantitative estimate of drug-likeness (QED) is 0.404. The van der Waals surface area contributed by atoms with Gasteiger partial charge >= 0.3 is 6.09 Å². The van der Waals surface area contributed by atoms with E-state index in [0.29, 0.717) is 0 Å². The molecule has 0 spiro atoms. The Kier molecular flexibility index (Phi) is 7.45. The molecule has 0 saturated carbocycles. The maximum atomic E-state index is 11.4. The second-order valence-corrected chi connectivity index (χ2v) is 4.01. The number of ether oxygens (including phenoxy) is 1. The summed E-state index contributed by atoms with van der Waals surface area (Å²) in [5, 5.41) is 4.84. The molecule has 0 bridgehead atoms. The molecule has 6 N–H and O–H groups in total. The second-order valence-electron chi connectivity index (χ2n) is 4.01. The van der Waals surface area contributed by atoms with Crippen LogP contribution >= 0.6 is 0 Å². The fourth-order valence-corrected chi connectivity index (χ4v) is 0.993. The summed E-state index contributed by atoms with van der Waals surface area (Å²) in [6.45, 7) is 3.57. The Morgan fingerprint density at radius 1 is 1.22 bits per heavy atom. The summed E-state index contributed by atoms with van der Waals surface area (Å²) in [5.74, 6) is -0.780. The van der Waals surface area contributed by atoms with Gasteiger partial charge in [-0.3, -0.25) is 9.59 Å². The highest BCUT2D eigenvalue weighted by Gasteiger charge is 2.17. The Morgan fingerprint density at radius 3 is 2.33 bits per heavy atom. The minimum absolute atomic E-state index is 0.00275. The van der Waals surface area contributed by atoms with Crippen LogP contribution in [0.2, 0.25) is 0 Å². The van der Waals surface area contributed by atoms with Gasteiger partial charge in [-0.25, -0.2) is 4.79 Å². The number of rotatable bonds is 7. The van der Waals surface area contributed by atoms with Crippen molar-refractivity contribution < 1.29 is 19.1 Å². The van der Waals surface area contributed by atoms with Crippen LogP contribution in [0.25, 0.3) is 0 Å². The van der Waals surface area contributed by atoms with Crippen LogP contribution in [0.5, 0.6) is 0 Å². The number of carbonyl (C=O) groups is 3. The molecule has 104 valence electrons. The topological polar surface area (TPSA) is 137 Å². The Labute approximate surface area is 105 Å². The predicted molar refractivity (Wildman–Crippen MR) is 64.4 cm³/mol. The van der Waals surface area contributed by atoms with Crippen LogP contribution < -0.4 is 22.1 Å². The van der Waals surface area contributed by atoms with E-state index < -0.39 is 18.0 Å². The van der Waals surface area contributed by atoms with E-state index in [4.69, 9.17) is 11.5 Å². The van der Waals surface area contributed by atoms with Crippen molar-refractivity contribution in [1.82, 2.24) is 10.6 Å². The number of hydrogen-bond donors (Lipinski definition) is 4. The Bertz CT molecular complexity index is 306. The first-order chi connectivity index (χ1) is 8.34. The normalized spacial score (nSPS) is 11.8. The minimum Gasteiger partial charge on any atom is -0.448 e. The molecule has 3 amide bonds. The summed E-state index contributed by atoms with van der Waals surface area (Å²) < 4.78 is 4.40. The maximum absolute atomic E-state index is 11.4. The molecule has 8 nitrogen and oxygen atoms in total. The summed E-state index contributed by atoms with van der Waals surface area (Å²) in [6, 6.07) is -0.643. The lowest BCUT2D eigenvalue weighted by Gasteiger charge is -2.15. The monoisotopic (exact) mass is 260 g/mol. The molecule has 8 heteroatoms. The molecule has 0 aromatic heterocycles. The molecule has 0 fully saturated rings. The van der Waals surface area contributed by atoms with Gasteiger partial charge in [0.2, 0.25) is 11.8 Å². The van der Waals surface area contributed by atoms with Crippen molar-refractivity contribution in [2.45, 2.75) is 19.9 Å². The zero-order chi connectivity index (χ0) is 14.1. The van der Waals surface area contributed by atoms with Gasteiger partial charge in [-0.15, -0.1) is 0 Å². The van der Waals surface area contributed by atoms with Crippen molar-refractivity contribution in [2.24, 2.45) is 17.4 Å². The maximum Gasteiger partial charge on any atom is 0.404 e. The average Bonchev–Trinajstić information content (AvgIpc) is 2.30. The summed E-state index contributed by atoms with van der Waals surface area (Å²) >= 11 is 0. The lowest BCUT2D eigenvalue weighted by molar-refractivity contribution is -0.127. The fraction of sp³-hybridized carbons (Fsp3) is 0.700. The molecule has 0 rings (SSSR count). The lowest BCUT2D eigenvalue weighted by atomic mass is 10.1. The number of nitrogens with one attached hydrogen (secondary N) is 2. The number of carbonyl (C=O) groups excluding carboxylic acids is 3. The van der Waals surface area contributed by atoms with Gasteiger partial charge in [0.05, 0.1) is 19.1 Å². The minimum atomic E-state index is -0.902. The highest BCUT2D eigenvalue weighted by atomic mass is 16.5. The molecule has 0 aliphatic heterocycles. The van der Waals surface area contributed by atoms with Crippen LogP contribution in [0.15, 0.2) is 0 Å². The fourth-order valence-electron chi connectivity index (χ4n) is 0.993. The Hall–Kier alpha value is -1.83. The second kappa shape index (κ2) is 8.29. The van der Waals surface area contributed by atoms with Gasteiger partial charge in [0, 0.05) is 0 Å². The van der Waals surface area contributed by atoms with Crippen LogP contribution in [0.4, 0.5) is 4.79 Å². The van der Waals surface area contributed by atoms with E-state index in [-0.39, 0.29) is 31.5 Å².